The molecule has 0 amide bonds. The summed E-state index contributed by atoms with van der Waals surface area (Å²) in [5.74, 6) is -0.0986. The van der Waals surface area contributed by atoms with E-state index in [1.54, 1.807) is 12.1 Å². The number of ether oxygens (including phenoxy) is 1. The fourth-order valence-electron chi connectivity index (χ4n) is 2.18. The Hall–Kier alpha value is -1.75. The summed E-state index contributed by atoms with van der Waals surface area (Å²) in [5, 5.41) is 0.749. The molecule has 0 fully saturated rings. The minimum atomic E-state index is -0.399. The van der Waals surface area contributed by atoms with Crippen LogP contribution in [0.3, 0.4) is 0 Å². The largest absolute Gasteiger partial charge is 0.494 e. The lowest BCUT2D eigenvalue weighted by Gasteiger charge is -2.06. The molecule has 3 nitrogen and oxygen atoms in total. The molecule has 0 unspecified atom stereocenters. The van der Waals surface area contributed by atoms with Gasteiger partial charge in [0, 0.05) is 16.9 Å². The number of fused-ring (bicyclic) bond motifs is 1. The zero-order chi connectivity index (χ0) is 13.4. The second-order valence-corrected chi connectivity index (χ2v) is 5.50. The minimum absolute atomic E-state index is 0.109. The van der Waals surface area contributed by atoms with E-state index in [0.717, 1.165) is 28.3 Å². The van der Waals surface area contributed by atoms with Crippen molar-refractivity contribution in [3.8, 4) is 16.3 Å². The summed E-state index contributed by atoms with van der Waals surface area (Å²) in [6.45, 7) is 0. The van der Waals surface area contributed by atoms with Gasteiger partial charge in [0.25, 0.3) is 0 Å². The molecule has 0 atom stereocenters. The third-order valence-corrected chi connectivity index (χ3v) is 4.33. The zero-order valence-corrected chi connectivity index (χ0v) is 11.2. The smallest absolute Gasteiger partial charge is 0.182 e. The van der Waals surface area contributed by atoms with Crippen molar-refractivity contribution < 1.29 is 13.9 Å². The molecule has 1 aromatic carbocycles. The van der Waals surface area contributed by atoms with E-state index < -0.39 is 5.82 Å². The number of halogens is 1. The fourth-order valence-corrected chi connectivity index (χ4v) is 3.30. The van der Waals surface area contributed by atoms with Crippen LogP contribution in [0.4, 0.5) is 4.39 Å². The van der Waals surface area contributed by atoms with Crippen molar-refractivity contribution in [2.75, 3.05) is 7.11 Å². The van der Waals surface area contributed by atoms with E-state index in [2.05, 4.69) is 4.98 Å². The molecule has 1 heterocycles. The molecule has 19 heavy (non-hydrogen) atoms. The van der Waals surface area contributed by atoms with Crippen LogP contribution in [-0.4, -0.2) is 17.9 Å². The molecular formula is C14H12FNO2S. The lowest BCUT2D eigenvalue weighted by Crippen LogP contribution is -2.08. The highest BCUT2D eigenvalue weighted by Crippen LogP contribution is 2.34. The number of nitrogens with zero attached hydrogens (tertiary/aromatic N) is 1. The Morgan fingerprint density at radius 3 is 2.95 bits per heavy atom. The van der Waals surface area contributed by atoms with Crippen molar-refractivity contribution in [2.24, 2.45) is 0 Å². The van der Waals surface area contributed by atoms with Gasteiger partial charge in [-0.25, -0.2) is 9.37 Å². The van der Waals surface area contributed by atoms with Crippen molar-refractivity contribution >= 4 is 17.1 Å². The average molecular weight is 277 g/mol. The Morgan fingerprint density at radius 2 is 2.21 bits per heavy atom. The van der Waals surface area contributed by atoms with Gasteiger partial charge in [0.05, 0.1) is 7.11 Å². The Morgan fingerprint density at radius 1 is 1.37 bits per heavy atom. The van der Waals surface area contributed by atoms with Gasteiger partial charge in [-0.05, 0) is 31.0 Å². The van der Waals surface area contributed by atoms with Gasteiger partial charge in [0.2, 0.25) is 0 Å². The van der Waals surface area contributed by atoms with Crippen LogP contribution in [0.5, 0.6) is 5.75 Å². The molecule has 0 radical (unpaired) electrons. The number of thiazole rings is 1. The van der Waals surface area contributed by atoms with Crippen LogP contribution in [0.15, 0.2) is 18.2 Å². The Balaban J connectivity index is 2.05. The zero-order valence-electron chi connectivity index (χ0n) is 10.4. The highest BCUT2D eigenvalue weighted by molar-refractivity contribution is 7.15. The number of carbonyl (C=O) groups excluding carboxylic acids is 1. The first kappa shape index (κ1) is 12.3. The summed E-state index contributed by atoms with van der Waals surface area (Å²) in [5.41, 5.74) is 1.37. The maximum Gasteiger partial charge on any atom is 0.182 e. The van der Waals surface area contributed by atoms with Crippen LogP contribution in [0, 0.1) is 5.82 Å². The fraction of sp³-hybridized carbons (Fsp3) is 0.286. The number of hydrogen-bond donors (Lipinski definition) is 0. The molecule has 1 aliphatic rings. The van der Waals surface area contributed by atoms with Gasteiger partial charge >= 0.3 is 0 Å². The van der Waals surface area contributed by atoms with E-state index in [-0.39, 0.29) is 11.5 Å². The number of hydrogen-bond acceptors (Lipinski definition) is 4. The number of aromatic nitrogens is 1. The molecule has 0 N–H and O–H groups in total. The monoisotopic (exact) mass is 277 g/mol. The molecule has 0 saturated heterocycles. The summed E-state index contributed by atoms with van der Waals surface area (Å²) in [6.07, 6.45) is 2.36. The van der Waals surface area contributed by atoms with Gasteiger partial charge in [-0.3, -0.25) is 4.79 Å². The number of rotatable bonds is 2. The highest BCUT2D eigenvalue weighted by Gasteiger charge is 2.22. The van der Waals surface area contributed by atoms with Crippen LogP contribution in [-0.2, 0) is 6.42 Å². The highest BCUT2D eigenvalue weighted by atomic mass is 32.1. The van der Waals surface area contributed by atoms with Gasteiger partial charge in [-0.15, -0.1) is 11.3 Å². The predicted octanol–water partition coefficient (Wildman–Crippen LogP) is 3.48. The van der Waals surface area contributed by atoms with E-state index in [0.29, 0.717) is 12.1 Å². The van der Waals surface area contributed by atoms with Gasteiger partial charge in [-0.2, -0.15) is 0 Å². The number of Topliss-reactive ketones (excluding diaryl/α,β-unsaturated/α-hetero) is 1. The molecule has 1 aliphatic carbocycles. The quantitative estimate of drug-likeness (QED) is 0.843. The van der Waals surface area contributed by atoms with Gasteiger partial charge in [-0.1, -0.05) is 0 Å². The van der Waals surface area contributed by atoms with Crippen LogP contribution < -0.4 is 4.74 Å². The molecule has 0 aliphatic heterocycles. The van der Waals surface area contributed by atoms with Gasteiger partial charge in [0.1, 0.15) is 10.7 Å². The van der Waals surface area contributed by atoms with Gasteiger partial charge < -0.3 is 4.74 Å². The standard InChI is InChI=1S/C14H12FNO2S/c1-18-11-7-8(5-6-9(11)15)14-16-13-10(17)3-2-4-12(13)19-14/h5-7H,2-4H2,1H3. The van der Waals surface area contributed by atoms with Gasteiger partial charge in [0.15, 0.2) is 17.3 Å². The third kappa shape index (κ3) is 2.14. The predicted molar refractivity (Wildman–Crippen MR) is 71.3 cm³/mol. The molecule has 5 heteroatoms. The van der Waals surface area contributed by atoms with Crippen molar-refractivity contribution in [3.63, 3.8) is 0 Å². The molecule has 98 valence electrons. The van der Waals surface area contributed by atoms with E-state index in [9.17, 15) is 9.18 Å². The number of aryl methyl sites for hydroxylation is 1. The topological polar surface area (TPSA) is 39.2 Å². The molecule has 0 spiro atoms. The lowest BCUT2D eigenvalue weighted by molar-refractivity contribution is 0.0968. The molecule has 0 saturated carbocycles. The number of carbonyl (C=O) groups is 1. The summed E-state index contributed by atoms with van der Waals surface area (Å²) in [7, 11) is 1.43. The molecule has 1 aromatic heterocycles. The number of benzene rings is 1. The molecule has 3 rings (SSSR count). The second-order valence-electron chi connectivity index (χ2n) is 4.42. The van der Waals surface area contributed by atoms with Crippen LogP contribution in [0.1, 0.15) is 28.2 Å². The van der Waals surface area contributed by atoms with Crippen LogP contribution in [0.25, 0.3) is 10.6 Å². The Kier molecular flexibility index (Phi) is 3.06. The summed E-state index contributed by atoms with van der Waals surface area (Å²) >= 11 is 1.51. The van der Waals surface area contributed by atoms with E-state index >= 15 is 0 Å². The maximum atomic E-state index is 13.4. The van der Waals surface area contributed by atoms with Crippen molar-refractivity contribution in [2.45, 2.75) is 19.3 Å². The van der Waals surface area contributed by atoms with Crippen molar-refractivity contribution in [1.82, 2.24) is 4.98 Å². The second kappa shape index (κ2) is 4.74. The SMILES string of the molecule is COc1cc(-c2nc3c(s2)CCCC3=O)ccc1F. The third-order valence-electron chi connectivity index (χ3n) is 3.17. The first-order valence-corrected chi connectivity index (χ1v) is 6.87. The molecule has 2 aromatic rings. The average Bonchev–Trinajstić information content (AvgIpc) is 2.85. The van der Waals surface area contributed by atoms with E-state index in [1.165, 1.54) is 24.5 Å². The summed E-state index contributed by atoms with van der Waals surface area (Å²) < 4.78 is 18.3. The summed E-state index contributed by atoms with van der Waals surface area (Å²) in [4.78, 5) is 17.2. The van der Waals surface area contributed by atoms with Crippen LogP contribution in [0.2, 0.25) is 0 Å². The minimum Gasteiger partial charge on any atom is -0.494 e. The van der Waals surface area contributed by atoms with E-state index in [4.69, 9.17) is 4.74 Å². The van der Waals surface area contributed by atoms with Crippen LogP contribution >= 0.6 is 11.3 Å². The van der Waals surface area contributed by atoms with E-state index in [1.807, 2.05) is 0 Å². The number of ketones is 1. The van der Waals surface area contributed by atoms with Crippen molar-refractivity contribution in [1.29, 1.82) is 0 Å². The Labute approximate surface area is 114 Å². The summed E-state index contributed by atoms with van der Waals surface area (Å²) in [6, 6.07) is 4.63. The molecule has 0 bridgehead atoms. The normalized spacial score (nSPS) is 14.3. The first-order valence-electron chi connectivity index (χ1n) is 6.06. The van der Waals surface area contributed by atoms with Crippen molar-refractivity contribution in [3.05, 3.63) is 34.6 Å². The number of methoxy groups -OCH3 is 1. The maximum absolute atomic E-state index is 13.4. The Bertz CT molecular complexity index is 651. The molecular weight excluding hydrogens is 265 g/mol. The first-order chi connectivity index (χ1) is 9.19. The lowest BCUT2D eigenvalue weighted by atomic mass is 10.0.